The predicted molar refractivity (Wildman–Crippen MR) is 109 cm³/mol. The van der Waals surface area contributed by atoms with E-state index >= 15 is 0 Å². The van der Waals surface area contributed by atoms with Crippen LogP contribution in [0.5, 0.6) is 0 Å². The summed E-state index contributed by atoms with van der Waals surface area (Å²) in [5, 5.41) is 2.97. The molecule has 0 spiro atoms. The third-order valence-corrected chi connectivity index (χ3v) is 5.26. The highest BCUT2D eigenvalue weighted by Gasteiger charge is 2.31. The molecule has 2 aromatic rings. The number of alkyl halides is 3. The van der Waals surface area contributed by atoms with E-state index in [0.717, 1.165) is 23.5 Å². The molecule has 0 aromatic heterocycles. The molecule has 160 valence electrons. The van der Waals surface area contributed by atoms with Gasteiger partial charge in [-0.2, -0.15) is 13.2 Å². The van der Waals surface area contributed by atoms with Crippen LogP contribution in [-0.2, 0) is 11.0 Å². The smallest absolute Gasteiger partial charge is 0.376 e. The Balaban J connectivity index is 1.58. The zero-order valence-corrected chi connectivity index (χ0v) is 16.9. The molecule has 0 saturated carbocycles. The Bertz CT molecular complexity index is 903. The van der Waals surface area contributed by atoms with Crippen LogP contribution in [0.3, 0.4) is 0 Å². The normalized spacial score (nSPS) is 15.0. The topological polar surface area (TPSA) is 52.7 Å². The lowest BCUT2D eigenvalue weighted by Crippen LogP contribution is -2.41. The third-order valence-electron chi connectivity index (χ3n) is 5.26. The van der Waals surface area contributed by atoms with Gasteiger partial charge < -0.3 is 15.1 Å². The van der Waals surface area contributed by atoms with Crippen LogP contribution in [0.25, 0.3) is 0 Å². The van der Waals surface area contributed by atoms with Gasteiger partial charge in [0.2, 0.25) is 5.91 Å². The molecule has 0 atom stereocenters. The van der Waals surface area contributed by atoms with Gasteiger partial charge in [0.05, 0.1) is 16.9 Å². The molecule has 5 nitrogen and oxygen atoms in total. The highest BCUT2D eigenvalue weighted by Crippen LogP contribution is 2.30. The summed E-state index contributed by atoms with van der Waals surface area (Å²) in [6.45, 7) is 0.764. The van der Waals surface area contributed by atoms with Crippen molar-refractivity contribution in [2.45, 2.75) is 19.0 Å². The molecule has 1 saturated heterocycles. The summed E-state index contributed by atoms with van der Waals surface area (Å²) in [6, 6.07) is 11.7. The highest BCUT2D eigenvalue weighted by molar-refractivity contribution is 5.97. The number of benzene rings is 2. The molecule has 0 bridgehead atoms. The molecule has 1 aliphatic heterocycles. The molecule has 1 N–H and O–H groups in total. The van der Waals surface area contributed by atoms with Crippen LogP contribution < -0.4 is 10.2 Å². The highest BCUT2D eigenvalue weighted by atomic mass is 19.4. The fourth-order valence-corrected chi connectivity index (χ4v) is 3.53. The largest absolute Gasteiger partial charge is 0.416 e. The number of rotatable bonds is 4. The van der Waals surface area contributed by atoms with Gasteiger partial charge in [0.1, 0.15) is 0 Å². The maximum atomic E-state index is 12.7. The lowest BCUT2D eigenvalue weighted by Gasteiger charge is -2.31. The second-order valence-electron chi connectivity index (χ2n) is 7.54. The van der Waals surface area contributed by atoms with Crippen molar-refractivity contribution in [3.05, 3.63) is 59.7 Å². The predicted octanol–water partition coefficient (Wildman–Crippen LogP) is 4.26. The van der Waals surface area contributed by atoms with Gasteiger partial charge in [-0.15, -0.1) is 0 Å². The minimum atomic E-state index is -4.43. The quantitative estimate of drug-likeness (QED) is 0.806. The van der Waals surface area contributed by atoms with Crippen molar-refractivity contribution in [3.63, 3.8) is 0 Å². The maximum Gasteiger partial charge on any atom is 0.416 e. The van der Waals surface area contributed by atoms with Gasteiger partial charge in [-0.05, 0) is 49.2 Å². The maximum absolute atomic E-state index is 12.7. The van der Waals surface area contributed by atoms with Crippen molar-refractivity contribution in [1.29, 1.82) is 0 Å². The lowest BCUT2D eigenvalue weighted by atomic mass is 9.95. The van der Waals surface area contributed by atoms with E-state index in [4.69, 9.17) is 0 Å². The van der Waals surface area contributed by atoms with Crippen molar-refractivity contribution in [2.75, 3.05) is 37.4 Å². The van der Waals surface area contributed by atoms with Crippen LogP contribution in [0.15, 0.2) is 48.5 Å². The number of likely N-dealkylation sites (tertiary alicyclic amines) is 1. The van der Waals surface area contributed by atoms with E-state index in [0.29, 0.717) is 25.9 Å². The zero-order valence-electron chi connectivity index (χ0n) is 16.9. The van der Waals surface area contributed by atoms with E-state index in [1.165, 1.54) is 12.1 Å². The standard InChI is InChI=1S/C22H24F3N3O2/c1-27(2)19-6-4-3-5-18(19)26-20(29)15-11-13-28(14-12-15)21(30)16-7-9-17(10-8-16)22(23,24)25/h3-10,15H,11-14H2,1-2H3,(H,26,29). The molecule has 1 fully saturated rings. The monoisotopic (exact) mass is 419 g/mol. The Hall–Kier alpha value is -3.03. The average molecular weight is 419 g/mol. The molecule has 0 aliphatic carbocycles. The van der Waals surface area contributed by atoms with Crippen LogP contribution >= 0.6 is 0 Å². The zero-order chi connectivity index (χ0) is 21.9. The van der Waals surface area contributed by atoms with E-state index in [1.807, 2.05) is 43.3 Å². The number of anilines is 2. The van der Waals surface area contributed by atoms with E-state index in [2.05, 4.69) is 5.32 Å². The first-order valence-corrected chi connectivity index (χ1v) is 9.70. The van der Waals surface area contributed by atoms with Crippen molar-refractivity contribution >= 4 is 23.2 Å². The van der Waals surface area contributed by atoms with Crippen molar-refractivity contribution in [1.82, 2.24) is 4.90 Å². The first kappa shape index (κ1) is 21.7. The molecule has 3 rings (SSSR count). The van der Waals surface area contributed by atoms with Gasteiger partial charge >= 0.3 is 6.18 Å². The Morgan fingerprint density at radius 2 is 1.60 bits per heavy atom. The summed E-state index contributed by atoms with van der Waals surface area (Å²) in [6.07, 6.45) is -3.43. The number of para-hydroxylation sites is 2. The van der Waals surface area contributed by atoms with Crippen molar-refractivity contribution < 1.29 is 22.8 Å². The molecule has 30 heavy (non-hydrogen) atoms. The molecule has 8 heteroatoms. The first-order chi connectivity index (χ1) is 14.2. The number of hydrogen-bond acceptors (Lipinski definition) is 3. The number of carbonyl (C=O) groups excluding carboxylic acids is 2. The number of halogens is 3. The number of piperidine rings is 1. The average Bonchev–Trinajstić information content (AvgIpc) is 2.73. The third kappa shape index (κ3) is 4.93. The number of amides is 2. The number of nitrogens with one attached hydrogen (secondary N) is 1. The van der Waals surface area contributed by atoms with Crippen LogP contribution in [0.1, 0.15) is 28.8 Å². The van der Waals surface area contributed by atoms with Gasteiger partial charge in [-0.3, -0.25) is 9.59 Å². The van der Waals surface area contributed by atoms with Crippen LogP contribution in [-0.4, -0.2) is 43.9 Å². The first-order valence-electron chi connectivity index (χ1n) is 9.70. The van der Waals surface area contributed by atoms with Gasteiger partial charge in [0.25, 0.3) is 5.91 Å². The fraction of sp³-hybridized carbons (Fsp3) is 0.364. The van der Waals surface area contributed by atoms with Crippen LogP contribution in [0.4, 0.5) is 24.5 Å². The fourth-order valence-electron chi connectivity index (χ4n) is 3.53. The van der Waals surface area contributed by atoms with E-state index in [9.17, 15) is 22.8 Å². The number of nitrogens with zero attached hydrogens (tertiary/aromatic N) is 2. The molecule has 1 heterocycles. The Kier molecular flexibility index (Phi) is 6.34. The summed E-state index contributed by atoms with van der Waals surface area (Å²) in [5.74, 6) is -0.636. The minimum Gasteiger partial charge on any atom is -0.376 e. The Morgan fingerprint density at radius 1 is 1.00 bits per heavy atom. The molecule has 2 amide bonds. The lowest BCUT2D eigenvalue weighted by molar-refractivity contribution is -0.137. The van der Waals surface area contributed by atoms with Gasteiger partial charge in [-0.25, -0.2) is 0 Å². The molecule has 1 aliphatic rings. The number of hydrogen-bond donors (Lipinski definition) is 1. The molecule has 2 aromatic carbocycles. The second kappa shape index (κ2) is 8.77. The van der Waals surface area contributed by atoms with Gasteiger partial charge in [0.15, 0.2) is 0 Å². The molecular weight excluding hydrogens is 395 g/mol. The van der Waals surface area contributed by atoms with E-state index in [1.54, 1.807) is 4.90 Å². The SMILES string of the molecule is CN(C)c1ccccc1NC(=O)C1CCN(C(=O)c2ccc(C(F)(F)F)cc2)CC1. The number of carbonyl (C=O) groups is 2. The Labute approximate surface area is 173 Å². The van der Waals surface area contributed by atoms with E-state index in [-0.39, 0.29) is 23.3 Å². The van der Waals surface area contributed by atoms with Crippen molar-refractivity contribution in [3.8, 4) is 0 Å². The summed E-state index contributed by atoms with van der Waals surface area (Å²) in [7, 11) is 3.80. The minimum absolute atomic E-state index is 0.0917. The van der Waals surface area contributed by atoms with Crippen LogP contribution in [0, 0.1) is 5.92 Å². The summed E-state index contributed by atoms with van der Waals surface area (Å²) < 4.78 is 38.1. The summed E-state index contributed by atoms with van der Waals surface area (Å²) in [4.78, 5) is 28.8. The van der Waals surface area contributed by atoms with Gasteiger partial charge in [0, 0.05) is 38.7 Å². The van der Waals surface area contributed by atoms with Crippen molar-refractivity contribution in [2.24, 2.45) is 5.92 Å². The summed E-state index contributed by atoms with van der Waals surface area (Å²) in [5.41, 5.74) is 1.06. The molecule has 0 unspecified atom stereocenters. The second-order valence-corrected chi connectivity index (χ2v) is 7.54. The Morgan fingerprint density at radius 3 is 2.17 bits per heavy atom. The molecule has 0 radical (unpaired) electrons. The van der Waals surface area contributed by atoms with Crippen LogP contribution in [0.2, 0.25) is 0 Å². The van der Waals surface area contributed by atoms with E-state index < -0.39 is 11.7 Å². The summed E-state index contributed by atoms with van der Waals surface area (Å²) >= 11 is 0. The van der Waals surface area contributed by atoms with Gasteiger partial charge in [-0.1, -0.05) is 12.1 Å². The molecular formula is C22H24F3N3O2.